The Kier molecular flexibility index (Phi) is 5.06. The number of fused-ring (bicyclic) bond motifs is 1. The first kappa shape index (κ1) is 19.1. The van der Waals surface area contributed by atoms with Crippen LogP contribution < -0.4 is 4.31 Å². The number of ketones is 1. The highest BCUT2D eigenvalue weighted by molar-refractivity contribution is 7.92. The van der Waals surface area contributed by atoms with Gasteiger partial charge in [-0.2, -0.15) is 0 Å². The smallest absolute Gasteiger partial charge is 0.338 e. The van der Waals surface area contributed by atoms with Gasteiger partial charge in [-0.25, -0.2) is 13.2 Å². The van der Waals surface area contributed by atoms with Crippen LogP contribution in [-0.2, 0) is 26.0 Å². The zero-order chi connectivity index (χ0) is 19.8. The lowest BCUT2D eigenvalue weighted by Gasteiger charge is -2.24. The molecule has 1 heterocycles. The van der Waals surface area contributed by atoms with Gasteiger partial charge in [-0.3, -0.25) is 9.10 Å². The number of carbonyl (C=O) groups excluding carboxylic acids is 2. The molecule has 0 spiro atoms. The SMILES string of the molecule is CC(=O)C(C)OC(=O)c1cccc(S(=O)(=O)N2c3ccccc3CC2C)c1. The molecule has 2 aromatic rings. The van der Waals surface area contributed by atoms with Crippen molar-refractivity contribution in [2.24, 2.45) is 0 Å². The zero-order valence-corrected chi connectivity index (χ0v) is 16.2. The Balaban J connectivity index is 1.95. The molecule has 3 rings (SSSR count). The molecule has 0 aliphatic carbocycles. The van der Waals surface area contributed by atoms with Gasteiger partial charge in [0.25, 0.3) is 10.0 Å². The lowest BCUT2D eigenvalue weighted by atomic mass is 10.1. The number of Topliss-reactive ketones (excluding diaryl/α,β-unsaturated/α-hetero) is 1. The first-order valence-corrected chi connectivity index (χ1v) is 10.1. The molecule has 0 bridgehead atoms. The predicted octanol–water partition coefficient (Wildman–Crippen LogP) is 2.96. The summed E-state index contributed by atoms with van der Waals surface area (Å²) in [4.78, 5) is 23.5. The third-order valence-corrected chi connectivity index (χ3v) is 6.55. The van der Waals surface area contributed by atoms with E-state index >= 15 is 0 Å². The highest BCUT2D eigenvalue weighted by Gasteiger charge is 2.36. The third-order valence-electron chi connectivity index (χ3n) is 4.63. The van der Waals surface area contributed by atoms with Crippen molar-refractivity contribution in [3.8, 4) is 0 Å². The highest BCUT2D eigenvalue weighted by Crippen LogP contribution is 2.36. The van der Waals surface area contributed by atoms with E-state index in [0.717, 1.165) is 5.56 Å². The quantitative estimate of drug-likeness (QED) is 0.737. The molecule has 7 heteroatoms. The van der Waals surface area contributed by atoms with Crippen molar-refractivity contribution < 1.29 is 22.7 Å². The van der Waals surface area contributed by atoms with Crippen LogP contribution in [0.2, 0.25) is 0 Å². The van der Waals surface area contributed by atoms with Crippen LogP contribution in [-0.4, -0.2) is 32.3 Å². The van der Waals surface area contributed by atoms with Gasteiger partial charge >= 0.3 is 5.97 Å². The third kappa shape index (κ3) is 3.60. The van der Waals surface area contributed by atoms with E-state index in [0.29, 0.717) is 12.1 Å². The number of benzene rings is 2. The zero-order valence-electron chi connectivity index (χ0n) is 15.4. The summed E-state index contributed by atoms with van der Waals surface area (Å²) >= 11 is 0. The van der Waals surface area contributed by atoms with E-state index in [4.69, 9.17) is 4.74 Å². The summed E-state index contributed by atoms with van der Waals surface area (Å²) in [5, 5.41) is 0. The molecule has 2 atom stereocenters. The van der Waals surface area contributed by atoms with Crippen LogP contribution in [0.15, 0.2) is 53.4 Å². The van der Waals surface area contributed by atoms with Crippen molar-refractivity contribution in [1.82, 2.24) is 0 Å². The van der Waals surface area contributed by atoms with Gasteiger partial charge < -0.3 is 4.74 Å². The summed E-state index contributed by atoms with van der Waals surface area (Å²) in [5.41, 5.74) is 1.71. The maximum absolute atomic E-state index is 13.2. The summed E-state index contributed by atoms with van der Waals surface area (Å²) < 4.78 is 32.9. The van der Waals surface area contributed by atoms with Crippen LogP contribution >= 0.6 is 0 Å². The van der Waals surface area contributed by atoms with Gasteiger partial charge in [0, 0.05) is 6.04 Å². The molecule has 0 saturated heterocycles. The van der Waals surface area contributed by atoms with Gasteiger partial charge in [0.15, 0.2) is 11.9 Å². The summed E-state index contributed by atoms with van der Waals surface area (Å²) in [6, 6.07) is 12.9. The van der Waals surface area contributed by atoms with E-state index in [1.165, 1.54) is 42.4 Å². The summed E-state index contributed by atoms with van der Waals surface area (Å²) in [6.45, 7) is 4.65. The number of para-hydroxylation sites is 1. The van der Waals surface area contributed by atoms with Gasteiger partial charge in [0.05, 0.1) is 16.1 Å². The van der Waals surface area contributed by atoms with Crippen LogP contribution in [0.25, 0.3) is 0 Å². The van der Waals surface area contributed by atoms with Gasteiger partial charge in [-0.05, 0) is 57.0 Å². The lowest BCUT2D eigenvalue weighted by Crippen LogP contribution is -2.35. The molecule has 142 valence electrons. The van der Waals surface area contributed by atoms with E-state index in [2.05, 4.69) is 0 Å². The number of ether oxygens (including phenoxy) is 1. The van der Waals surface area contributed by atoms with Crippen molar-refractivity contribution in [3.05, 3.63) is 59.7 Å². The second-order valence-electron chi connectivity index (χ2n) is 6.67. The molecule has 1 aliphatic heterocycles. The lowest BCUT2D eigenvalue weighted by molar-refractivity contribution is -0.124. The standard InChI is InChI=1S/C20H21NO5S/c1-13-11-16-7-4-5-10-19(16)21(13)27(24,25)18-9-6-8-17(12-18)20(23)26-15(3)14(2)22/h4-10,12-13,15H,11H2,1-3H3. The van der Waals surface area contributed by atoms with Crippen molar-refractivity contribution in [3.63, 3.8) is 0 Å². The minimum Gasteiger partial charge on any atom is -0.451 e. The minimum atomic E-state index is -3.84. The molecule has 2 aromatic carbocycles. The molecule has 0 amide bonds. The molecular formula is C20H21NO5S. The van der Waals surface area contributed by atoms with E-state index in [9.17, 15) is 18.0 Å². The summed E-state index contributed by atoms with van der Waals surface area (Å²) in [7, 11) is -3.84. The first-order valence-electron chi connectivity index (χ1n) is 8.65. The number of sulfonamides is 1. The van der Waals surface area contributed by atoms with Crippen molar-refractivity contribution in [2.45, 2.75) is 44.2 Å². The molecule has 0 radical (unpaired) electrons. The van der Waals surface area contributed by atoms with E-state index in [-0.39, 0.29) is 22.3 Å². The van der Waals surface area contributed by atoms with Gasteiger partial charge in [0.2, 0.25) is 0 Å². The fraction of sp³-hybridized carbons (Fsp3) is 0.300. The van der Waals surface area contributed by atoms with Crippen molar-refractivity contribution in [1.29, 1.82) is 0 Å². The van der Waals surface area contributed by atoms with E-state index in [1.807, 2.05) is 19.1 Å². The number of rotatable bonds is 5. The van der Waals surface area contributed by atoms with E-state index in [1.54, 1.807) is 12.1 Å². The highest BCUT2D eigenvalue weighted by atomic mass is 32.2. The Morgan fingerprint density at radius 2 is 1.85 bits per heavy atom. The Morgan fingerprint density at radius 1 is 1.15 bits per heavy atom. The Labute approximate surface area is 158 Å². The number of esters is 1. The van der Waals surface area contributed by atoms with Crippen molar-refractivity contribution in [2.75, 3.05) is 4.31 Å². The van der Waals surface area contributed by atoms with Crippen LogP contribution in [0.3, 0.4) is 0 Å². The molecule has 0 aromatic heterocycles. The van der Waals surface area contributed by atoms with Gasteiger partial charge in [0.1, 0.15) is 0 Å². The summed E-state index contributed by atoms with van der Waals surface area (Å²) in [5.74, 6) is -1.01. The maximum Gasteiger partial charge on any atom is 0.338 e. The number of anilines is 1. The number of hydrogen-bond acceptors (Lipinski definition) is 5. The molecule has 6 nitrogen and oxygen atoms in total. The minimum absolute atomic E-state index is 0.0102. The van der Waals surface area contributed by atoms with Crippen LogP contribution in [0.4, 0.5) is 5.69 Å². The number of hydrogen-bond donors (Lipinski definition) is 0. The van der Waals surface area contributed by atoms with Crippen molar-refractivity contribution >= 4 is 27.5 Å². The average Bonchev–Trinajstić information content (AvgIpc) is 2.98. The molecule has 0 saturated carbocycles. The van der Waals surface area contributed by atoms with Crippen LogP contribution in [0.5, 0.6) is 0 Å². The molecular weight excluding hydrogens is 366 g/mol. The number of nitrogens with zero attached hydrogens (tertiary/aromatic N) is 1. The largest absolute Gasteiger partial charge is 0.451 e. The predicted molar refractivity (Wildman–Crippen MR) is 101 cm³/mol. The van der Waals surface area contributed by atoms with Gasteiger partial charge in [-0.15, -0.1) is 0 Å². The molecule has 2 unspecified atom stereocenters. The van der Waals surface area contributed by atoms with Gasteiger partial charge in [-0.1, -0.05) is 24.3 Å². The molecule has 0 N–H and O–H groups in total. The monoisotopic (exact) mass is 387 g/mol. The van der Waals surface area contributed by atoms with E-state index < -0.39 is 22.1 Å². The Morgan fingerprint density at radius 3 is 2.56 bits per heavy atom. The number of carbonyl (C=O) groups is 2. The average molecular weight is 387 g/mol. The fourth-order valence-corrected chi connectivity index (χ4v) is 4.85. The Bertz CT molecular complexity index is 999. The normalized spacial score (nSPS) is 17.3. The second-order valence-corrected chi connectivity index (χ2v) is 8.48. The second kappa shape index (κ2) is 7.15. The molecule has 0 fully saturated rings. The topological polar surface area (TPSA) is 80.8 Å². The van der Waals surface area contributed by atoms with Crippen LogP contribution in [0.1, 0.15) is 36.7 Å². The fourth-order valence-electron chi connectivity index (χ4n) is 3.11. The maximum atomic E-state index is 13.2. The first-order chi connectivity index (χ1) is 12.7. The molecule has 1 aliphatic rings. The van der Waals surface area contributed by atoms with Crippen LogP contribution in [0, 0.1) is 0 Å². The summed E-state index contributed by atoms with van der Waals surface area (Å²) in [6.07, 6.45) is -0.254. The molecule has 27 heavy (non-hydrogen) atoms. The Hall–Kier alpha value is -2.67.